The number of anilines is 1. The molecule has 0 saturated carbocycles. The fraction of sp³-hybridized carbons (Fsp3) is 0.120. The summed E-state index contributed by atoms with van der Waals surface area (Å²) in [6.07, 6.45) is 0. The lowest BCUT2D eigenvalue weighted by atomic mass is 10.0. The Hall–Kier alpha value is -3.77. The molecule has 1 heterocycles. The molecular weight excluding hydrogens is 430 g/mol. The lowest BCUT2D eigenvalue weighted by Crippen LogP contribution is -2.12. The second-order valence-electron chi connectivity index (χ2n) is 7.13. The summed E-state index contributed by atoms with van der Waals surface area (Å²) in [6.45, 7) is 1.81. The van der Waals surface area contributed by atoms with Gasteiger partial charge in [-0.25, -0.2) is 0 Å². The van der Waals surface area contributed by atoms with Crippen molar-refractivity contribution in [2.24, 2.45) is 0 Å². The number of ether oxygens (including phenoxy) is 2. The molecule has 0 bridgehead atoms. The fourth-order valence-electron chi connectivity index (χ4n) is 3.43. The maximum absolute atomic E-state index is 12.9. The molecule has 0 atom stereocenters. The van der Waals surface area contributed by atoms with Crippen molar-refractivity contribution in [2.45, 2.75) is 6.92 Å². The Bertz CT molecular complexity index is 1320. The van der Waals surface area contributed by atoms with Crippen LogP contribution in [-0.2, 0) is 0 Å². The first kappa shape index (κ1) is 21.5. The van der Waals surface area contributed by atoms with Gasteiger partial charge >= 0.3 is 0 Å². The van der Waals surface area contributed by atoms with E-state index in [9.17, 15) is 9.59 Å². The lowest BCUT2D eigenvalue weighted by Gasteiger charge is -2.10. The van der Waals surface area contributed by atoms with E-state index in [-0.39, 0.29) is 17.5 Å². The van der Waals surface area contributed by atoms with Gasteiger partial charge in [0.25, 0.3) is 5.91 Å². The third-order valence-electron chi connectivity index (χ3n) is 5.15. The molecule has 0 radical (unpaired) electrons. The Morgan fingerprint density at radius 2 is 1.56 bits per heavy atom. The Morgan fingerprint density at radius 1 is 0.875 bits per heavy atom. The van der Waals surface area contributed by atoms with Gasteiger partial charge in [-0.3, -0.25) is 9.59 Å². The second-order valence-corrected chi connectivity index (χ2v) is 7.56. The van der Waals surface area contributed by atoms with Crippen molar-refractivity contribution < 1.29 is 23.5 Å². The number of hydrogen-bond donors (Lipinski definition) is 1. The number of amides is 1. The average Bonchev–Trinajstić information content (AvgIpc) is 3.14. The Morgan fingerprint density at radius 3 is 2.25 bits per heavy atom. The standard InChI is InChI=1S/C25H20ClNO5/c1-14-19-13-18(27-25(29)16-6-10-21(30-2)22(12-16)31-3)9-11-20(19)32-24(14)23(28)15-4-7-17(26)8-5-15/h4-13H,1-3H3,(H,27,29). The van der Waals surface area contributed by atoms with Crippen molar-refractivity contribution in [3.63, 3.8) is 0 Å². The number of hydrogen-bond acceptors (Lipinski definition) is 5. The third kappa shape index (κ3) is 4.05. The number of methoxy groups -OCH3 is 2. The number of carbonyl (C=O) groups is 2. The van der Waals surface area contributed by atoms with Gasteiger partial charge in [-0.15, -0.1) is 0 Å². The Labute approximate surface area is 189 Å². The largest absolute Gasteiger partial charge is 0.493 e. The molecule has 0 saturated heterocycles. The van der Waals surface area contributed by atoms with E-state index < -0.39 is 0 Å². The number of aryl methyl sites for hydroxylation is 1. The van der Waals surface area contributed by atoms with Gasteiger partial charge in [0.15, 0.2) is 17.3 Å². The van der Waals surface area contributed by atoms with E-state index in [1.54, 1.807) is 60.7 Å². The molecular formula is C25H20ClNO5. The smallest absolute Gasteiger partial charge is 0.255 e. The van der Waals surface area contributed by atoms with Crippen molar-refractivity contribution in [1.82, 2.24) is 0 Å². The molecule has 1 amide bonds. The van der Waals surface area contributed by atoms with Gasteiger partial charge in [0.1, 0.15) is 5.58 Å². The maximum atomic E-state index is 12.9. The minimum absolute atomic E-state index is 0.230. The van der Waals surface area contributed by atoms with Gasteiger partial charge in [0.05, 0.1) is 14.2 Å². The number of ketones is 1. The first-order valence-electron chi connectivity index (χ1n) is 9.78. The SMILES string of the molecule is COc1ccc(C(=O)Nc2ccc3oc(C(=O)c4ccc(Cl)cc4)c(C)c3c2)cc1OC. The van der Waals surface area contributed by atoms with Crippen LogP contribution in [0, 0.1) is 6.92 Å². The molecule has 1 N–H and O–H groups in total. The quantitative estimate of drug-likeness (QED) is 0.371. The number of furan rings is 1. The highest BCUT2D eigenvalue weighted by Gasteiger charge is 2.20. The molecule has 0 aliphatic carbocycles. The highest BCUT2D eigenvalue weighted by atomic mass is 35.5. The fourth-order valence-corrected chi connectivity index (χ4v) is 3.55. The summed E-state index contributed by atoms with van der Waals surface area (Å²) >= 11 is 5.91. The number of rotatable bonds is 6. The third-order valence-corrected chi connectivity index (χ3v) is 5.40. The Balaban J connectivity index is 1.61. The van der Waals surface area contributed by atoms with Gasteiger partial charge < -0.3 is 19.2 Å². The van der Waals surface area contributed by atoms with Crippen LogP contribution in [0.2, 0.25) is 5.02 Å². The van der Waals surface area contributed by atoms with Crippen molar-refractivity contribution >= 4 is 39.9 Å². The molecule has 0 spiro atoms. The molecule has 162 valence electrons. The molecule has 0 fully saturated rings. The van der Waals surface area contributed by atoms with Crippen molar-refractivity contribution in [3.05, 3.63) is 88.1 Å². The highest BCUT2D eigenvalue weighted by Crippen LogP contribution is 2.31. The van der Waals surface area contributed by atoms with Gasteiger partial charge in [-0.1, -0.05) is 11.6 Å². The van der Waals surface area contributed by atoms with Gasteiger partial charge in [-0.2, -0.15) is 0 Å². The number of halogens is 1. The molecule has 1 aromatic heterocycles. The topological polar surface area (TPSA) is 77.8 Å². The van der Waals surface area contributed by atoms with Gasteiger partial charge in [0.2, 0.25) is 5.78 Å². The number of carbonyl (C=O) groups excluding carboxylic acids is 2. The van der Waals surface area contributed by atoms with E-state index in [4.69, 9.17) is 25.5 Å². The summed E-state index contributed by atoms with van der Waals surface area (Å²) in [7, 11) is 3.05. The second kappa shape index (κ2) is 8.77. The monoisotopic (exact) mass is 449 g/mol. The van der Waals surface area contributed by atoms with E-state index in [0.717, 1.165) is 5.39 Å². The van der Waals surface area contributed by atoms with Crippen LogP contribution in [0.25, 0.3) is 11.0 Å². The summed E-state index contributed by atoms with van der Waals surface area (Å²) in [4.78, 5) is 25.6. The molecule has 32 heavy (non-hydrogen) atoms. The summed E-state index contributed by atoms with van der Waals surface area (Å²) in [5.41, 5.74) is 2.74. The molecule has 6 nitrogen and oxygen atoms in total. The predicted octanol–water partition coefficient (Wildman–Crippen LogP) is 5.90. The molecule has 0 aliphatic heterocycles. The van der Waals surface area contributed by atoms with Crippen LogP contribution in [0.1, 0.15) is 32.0 Å². The van der Waals surface area contributed by atoms with E-state index in [2.05, 4.69) is 5.32 Å². The average molecular weight is 450 g/mol. The maximum Gasteiger partial charge on any atom is 0.255 e. The normalized spacial score (nSPS) is 10.8. The first-order valence-corrected chi connectivity index (χ1v) is 10.2. The number of benzene rings is 3. The zero-order valence-electron chi connectivity index (χ0n) is 17.7. The molecule has 4 aromatic rings. The number of nitrogens with one attached hydrogen (secondary N) is 1. The Kier molecular flexibility index (Phi) is 5.88. The van der Waals surface area contributed by atoms with E-state index in [0.29, 0.717) is 44.5 Å². The highest BCUT2D eigenvalue weighted by molar-refractivity contribution is 6.30. The molecule has 0 aliphatic rings. The van der Waals surface area contributed by atoms with Gasteiger partial charge in [0, 0.05) is 32.8 Å². The molecule has 3 aromatic carbocycles. The minimum Gasteiger partial charge on any atom is -0.493 e. The molecule has 7 heteroatoms. The van der Waals surface area contributed by atoms with Crippen molar-refractivity contribution in [3.8, 4) is 11.5 Å². The first-order chi connectivity index (χ1) is 15.4. The van der Waals surface area contributed by atoms with E-state index in [1.165, 1.54) is 14.2 Å². The summed E-state index contributed by atoms with van der Waals surface area (Å²) < 4.78 is 16.3. The minimum atomic E-state index is -0.302. The van der Waals surface area contributed by atoms with Crippen LogP contribution in [0.4, 0.5) is 5.69 Å². The number of fused-ring (bicyclic) bond motifs is 1. The van der Waals surface area contributed by atoms with Crippen molar-refractivity contribution in [2.75, 3.05) is 19.5 Å². The summed E-state index contributed by atoms with van der Waals surface area (Å²) in [5, 5.41) is 4.16. The van der Waals surface area contributed by atoms with E-state index in [1.807, 2.05) is 6.92 Å². The summed E-state index contributed by atoms with van der Waals surface area (Å²) in [5.74, 6) is 0.727. The molecule has 0 unspecified atom stereocenters. The zero-order valence-corrected chi connectivity index (χ0v) is 18.4. The lowest BCUT2D eigenvalue weighted by molar-refractivity contribution is 0.101. The van der Waals surface area contributed by atoms with E-state index >= 15 is 0 Å². The van der Waals surface area contributed by atoms with Gasteiger partial charge in [-0.05, 0) is 67.6 Å². The van der Waals surface area contributed by atoms with Crippen LogP contribution >= 0.6 is 11.6 Å². The van der Waals surface area contributed by atoms with Crippen LogP contribution < -0.4 is 14.8 Å². The molecule has 4 rings (SSSR count). The predicted molar refractivity (Wildman–Crippen MR) is 123 cm³/mol. The van der Waals surface area contributed by atoms with Crippen LogP contribution in [0.3, 0.4) is 0 Å². The van der Waals surface area contributed by atoms with Crippen LogP contribution in [0.15, 0.2) is 65.1 Å². The van der Waals surface area contributed by atoms with Crippen molar-refractivity contribution in [1.29, 1.82) is 0 Å². The summed E-state index contributed by atoms with van der Waals surface area (Å²) in [6, 6.07) is 16.8. The van der Waals surface area contributed by atoms with Crippen LogP contribution in [0.5, 0.6) is 11.5 Å². The van der Waals surface area contributed by atoms with Crippen LogP contribution in [-0.4, -0.2) is 25.9 Å². The zero-order chi connectivity index (χ0) is 22.8.